The standard InChI is InChI=1S/C19H18BrN3O4/c1-27-15-8-2-12(3-9-15)10-17(24)22-21-16-11-18(25)23(19(16)26)14-6-4-13(20)5-7-14/h2-9,16,21H,10-11H2,1H3,(H,22,24). The minimum Gasteiger partial charge on any atom is -0.497 e. The molecule has 2 aromatic rings. The normalized spacial score (nSPS) is 16.5. The highest BCUT2D eigenvalue weighted by atomic mass is 79.9. The van der Waals surface area contributed by atoms with Crippen LogP contribution in [0.1, 0.15) is 12.0 Å². The smallest absolute Gasteiger partial charge is 0.253 e. The van der Waals surface area contributed by atoms with Gasteiger partial charge >= 0.3 is 0 Å². The van der Waals surface area contributed by atoms with Crippen molar-refractivity contribution in [1.29, 1.82) is 0 Å². The maximum absolute atomic E-state index is 12.5. The third-order valence-electron chi connectivity index (χ3n) is 4.14. The Kier molecular flexibility index (Phi) is 5.88. The summed E-state index contributed by atoms with van der Waals surface area (Å²) in [6.45, 7) is 0. The Morgan fingerprint density at radius 3 is 2.44 bits per heavy atom. The number of hydrogen-bond acceptors (Lipinski definition) is 5. The molecule has 1 aliphatic heterocycles. The van der Waals surface area contributed by atoms with Crippen molar-refractivity contribution in [1.82, 2.24) is 10.9 Å². The van der Waals surface area contributed by atoms with Gasteiger partial charge in [0, 0.05) is 4.47 Å². The van der Waals surface area contributed by atoms with Gasteiger partial charge in [-0.15, -0.1) is 0 Å². The van der Waals surface area contributed by atoms with E-state index in [1.165, 1.54) is 0 Å². The van der Waals surface area contributed by atoms with Crippen molar-refractivity contribution in [3.05, 3.63) is 58.6 Å². The Hall–Kier alpha value is -2.71. The molecule has 8 heteroatoms. The first-order valence-electron chi connectivity index (χ1n) is 8.27. The van der Waals surface area contributed by atoms with Gasteiger partial charge in [0.1, 0.15) is 11.8 Å². The van der Waals surface area contributed by atoms with Crippen LogP contribution in [0.5, 0.6) is 5.75 Å². The molecule has 1 atom stereocenters. The first-order valence-corrected chi connectivity index (χ1v) is 9.07. The van der Waals surface area contributed by atoms with E-state index < -0.39 is 11.9 Å². The summed E-state index contributed by atoms with van der Waals surface area (Å²) < 4.78 is 5.93. The van der Waals surface area contributed by atoms with Crippen LogP contribution in [0.4, 0.5) is 5.69 Å². The van der Waals surface area contributed by atoms with Crippen molar-refractivity contribution in [2.75, 3.05) is 12.0 Å². The van der Waals surface area contributed by atoms with E-state index in [0.29, 0.717) is 11.4 Å². The monoisotopic (exact) mass is 431 g/mol. The van der Waals surface area contributed by atoms with Crippen molar-refractivity contribution in [3.8, 4) is 5.75 Å². The van der Waals surface area contributed by atoms with Crippen LogP contribution < -0.4 is 20.5 Å². The van der Waals surface area contributed by atoms with Crippen molar-refractivity contribution < 1.29 is 19.1 Å². The lowest BCUT2D eigenvalue weighted by Gasteiger charge is -2.16. The molecule has 3 rings (SSSR count). The Morgan fingerprint density at radius 1 is 1.15 bits per heavy atom. The lowest BCUT2D eigenvalue weighted by Crippen LogP contribution is -2.48. The quantitative estimate of drug-likeness (QED) is 0.539. The molecular weight excluding hydrogens is 414 g/mol. The number of anilines is 1. The number of hydrogen-bond donors (Lipinski definition) is 2. The average molecular weight is 432 g/mol. The highest BCUT2D eigenvalue weighted by molar-refractivity contribution is 9.10. The van der Waals surface area contributed by atoms with E-state index in [4.69, 9.17) is 4.74 Å². The van der Waals surface area contributed by atoms with Gasteiger partial charge in [-0.1, -0.05) is 28.1 Å². The van der Waals surface area contributed by atoms with Gasteiger partial charge in [0.15, 0.2) is 0 Å². The molecule has 1 fully saturated rings. The van der Waals surface area contributed by atoms with Crippen molar-refractivity contribution in [3.63, 3.8) is 0 Å². The molecule has 0 aromatic heterocycles. The second-order valence-electron chi connectivity index (χ2n) is 6.02. The molecule has 7 nitrogen and oxygen atoms in total. The molecular formula is C19H18BrN3O4. The van der Waals surface area contributed by atoms with E-state index in [1.807, 2.05) is 0 Å². The fourth-order valence-corrected chi connectivity index (χ4v) is 3.01. The number of ether oxygens (including phenoxy) is 1. The number of benzene rings is 2. The summed E-state index contributed by atoms with van der Waals surface area (Å²) in [4.78, 5) is 37.9. The topological polar surface area (TPSA) is 87.7 Å². The van der Waals surface area contributed by atoms with Gasteiger partial charge in [0.05, 0.1) is 25.6 Å². The lowest BCUT2D eigenvalue weighted by molar-refractivity contribution is -0.122. The molecule has 27 heavy (non-hydrogen) atoms. The Balaban J connectivity index is 1.56. The van der Waals surface area contributed by atoms with E-state index in [2.05, 4.69) is 26.8 Å². The zero-order chi connectivity index (χ0) is 19.4. The highest BCUT2D eigenvalue weighted by Gasteiger charge is 2.39. The van der Waals surface area contributed by atoms with Crippen LogP contribution in [0.15, 0.2) is 53.0 Å². The van der Waals surface area contributed by atoms with Gasteiger partial charge in [0.25, 0.3) is 5.91 Å². The molecule has 2 N–H and O–H groups in total. The Morgan fingerprint density at radius 2 is 1.81 bits per heavy atom. The van der Waals surface area contributed by atoms with Gasteiger partial charge in [-0.25, -0.2) is 10.3 Å². The number of rotatable bonds is 6. The number of carbonyl (C=O) groups is 3. The average Bonchev–Trinajstić information content (AvgIpc) is 2.95. The number of carbonyl (C=O) groups excluding carboxylic acids is 3. The van der Waals surface area contributed by atoms with Gasteiger partial charge in [-0.05, 0) is 42.0 Å². The molecule has 140 valence electrons. The number of nitrogens with one attached hydrogen (secondary N) is 2. The molecule has 0 saturated carbocycles. The summed E-state index contributed by atoms with van der Waals surface area (Å²) in [5, 5.41) is 0. The second-order valence-corrected chi connectivity index (χ2v) is 6.93. The molecule has 1 saturated heterocycles. The molecule has 1 unspecified atom stereocenters. The number of amides is 3. The number of hydrazine groups is 1. The summed E-state index contributed by atoms with van der Waals surface area (Å²) in [5.41, 5.74) is 6.48. The largest absolute Gasteiger partial charge is 0.497 e. The second kappa shape index (κ2) is 8.32. The maximum Gasteiger partial charge on any atom is 0.253 e. The van der Waals surface area contributed by atoms with E-state index in [-0.39, 0.29) is 24.7 Å². The highest BCUT2D eigenvalue weighted by Crippen LogP contribution is 2.24. The zero-order valence-electron chi connectivity index (χ0n) is 14.6. The molecule has 0 aliphatic carbocycles. The first-order chi connectivity index (χ1) is 13.0. The Bertz CT molecular complexity index is 852. The van der Waals surface area contributed by atoms with Crippen molar-refractivity contribution in [2.45, 2.75) is 18.9 Å². The predicted molar refractivity (Wildman–Crippen MR) is 103 cm³/mol. The van der Waals surface area contributed by atoms with Crippen molar-refractivity contribution in [2.24, 2.45) is 0 Å². The third kappa shape index (κ3) is 4.53. The Labute approximate surface area is 164 Å². The molecule has 1 aliphatic rings. The summed E-state index contributed by atoms with van der Waals surface area (Å²) >= 11 is 3.32. The van der Waals surface area contributed by atoms with E-state index >= 15 is 0 Å². The lowest BCUT2D eigenvalue weighted by atomic mass is 10.1. The molecule has 0 radical (unpaired) electrons. The van der Waals surface area contributed by atoms with Crippen LogP contribution in [0.2, 0.25) is 0 Å². The first kappa shape index (κ1) is 19.1. The number of methoxy groups -OCH3 is 1. The molecule has 3 amide bonds. The number of imide groups is 1. The summed E-state index contributed by atoms with van der Waals surface area (Å²) in [6, 6.07) is 13.2. The molecule has 2 aromatic carbocycles. The summed E-state index contributed by atoms with van der Waals surface area (Å²) in [6.07, 6.45) is 0.125. The van der Waals surface area contributed by atoms with E-state index in [0.717, 1.165) is 14.9 Å². The number of halogens is 1. The van der Waals surface area contributed by atoms with E-state index in [9.17, 15) is 14.4 Å². The van der Waals surface area contributed by atoms with Crippen LogP contribution in [0.25, 0.3) is 0 Å². The van der Waals surface area contributed by atoms with Gasteiger partial charge in [-0.2, -0.15) is 0 Å². The summed E-state index contributed by atoms with van der Waals surface area (Å²) in [5.74, 6) is -0.306. The summed E-state index contributed by atoms with van der Waals surface area (Å²) in [7, 11) is 1.57. The number of nitrogens with zero attached hydrogens (tertiary/aromatic N) is 1. The SMILES string of the molecule is COc1ccc(CC(=O)NNC2CC(=O)N(c3ccc(Br)cc3)C2=O)cc1. The van der Waals surface area contributed by atoms with Gasteiger partial charge < -0.3 is 4.74 Å². The zero-order valence-corrected chi connectivity index (χ0v) is 16.2. The predicted octanol–water partition coefficient (Wildman–Crippen LogP) is 1.95. The third-order valence-corrected chi connectivity index (χ3v) is 4.67. The van der Waals surface area contributed by atoms with Crippen LogP contribution in [-0.2, 0) is 20.8 Å². The van der Waals surface area contributed by atoms with E-state index in [1.54, 1.807) is 55.6 Å². The van der Waals surface area contributed by atoms with Crippen LogP contribution in [0, 0.1) is 0 Å². The van der Waals surface area contributed by atoms with Gasteiger partial charge in [0.2, 0.25) is 11.8 Å². The van der Waals surface area contributed by atoms with Crippen LogP contribution in [0.3, 0.4) is 0 Å². The molecule has 0 bridgehead atoms. The molecule has 0 spiro atoms. The fraction of sp³-hybridized carbons (Fsp3) is 0.211. The van der Waals surface area contributed by atoms with Crippen molar-refractivity contribution >= 4 is 39.3 Å². The maximum atomic E-state index is 12.5. The van der Waals surface area contributed by atoms with Crippen LogP contribution in [-0.4, -0.2) is 30.9 Å². The molecule has 1 heterocycles. The minimum atomic E-state index is -0.791. The van der Waals surface area contributed by atoms with Crippen LogP contribution >= 0.6 is 15.9 Å². The fourth-order valence-electron chi connectivity index (χ4n) is 2.75. The minimum absolute atomic E-state index is 0.0162. The van der Waals surface area contributed by atoms with Gasteiger partial charge in [-0.3, -0.25) is 19.8 Å².